The smallest absolute Gasteiger partial charge is 0.232 e. The summed E-state index contributed by atoms with van der Waals surface area (Å²) in [6, 6.07) is 7.04. The van der Waals surface area contributed by atoms with Crippen molar-refractivity contribution in [3.8, 4) is 5.75 Å². The van der Waals surface area contributed by atoms with E-state index in [1.54, 1.807) is 29.2 Å². The van der Waals surface area contributed by atoms with Gasteiger partial charge in [-0.05, 0) is 25.5 Å². The van der Waals surface area contributed by atoms with Crippen LogP contribution < -0.4 is 9.04 Å². The summed E-state index contributed by atoms with van der Waals surface area (Å²) in [5.41, 5.74) is 0.505. The number of morpholine rings is 1. The zero-order valence-corrected chi connectivity index (χ0v) is 15.6. The third kappa shape index (κ3) is 5.61. The maximum atomic E-state index is 12.2. The van der Waals surface area contributed by atoms with Crippen LogP contribution in [0.2, 0.25) is 0 Å². The number of hydrogen-bond donors (Lipinski definition) is 0. The predicted octanol–water partition coefficient (Wildman–Crippen LogP) is 1.49. The highest BCUT2D eigenvalue weighted by atomic mass is 32.2. The molecule has 0 aromatic heterocycles. The molecule has 0 aliphatic carbocycles. The number of rotatable bonds is 8. The van der Waals surface area contributed by atoms with Gasteiger partial charge >= 0.3 is 0 Å². The molecule has 7 nitrogen and oxygen atoms in total. The molecule has 1 heterocycles. The summed E-state index contributed by atoms with van der Waals surface area (Å²) in [4.78, 5) is 14.0. The maximum absolute atomic E-state index is 12.2. The van der Waals surface area contributed by atoms with E-state index in [2.05, 4.69) is 0 Å². The largest absolute Gasteiger partial charge is 0.492 e. The molecule has 1 saturated heterocycles. The first-order valence-electron chi connectivity index (χ1n) is 8.48. The van der Waals surface area contributed by atoms with Crippen molar-refractivity contribution < 1.29 is 22.7 Å². The second-order valence-electron chi connectivity index (χ2n) is 5.83. The van der Waals surface area contributed by atoms with Crippen LogP contribution in [0.5, 0.6) is 5.75 Å². The Morgan fingerprint density at radius 1 is 1.28 bits per heavy atom. The van der Waals surface area contributed by atoms with Crippen LogP contribution in [-0.2, 0) is 19.6 Å². The third-order valence-electron chi connectivity index (χ3n) is 3.95. The van der Waals surface area contributed by atoms with E-state index in [0.717, 1.165) is 0 Å². The lowest BCUT2D eigenvalue weighted by molar-refractivity contribution is -0.135. The zero-order valence-electron chi connectivity index (χ0n) is 14.8. The van der Waals surface area contributed by atoms with Gasteiger partial charge in [0.25, 0.3) is 0 Å². The molecule has 1 aromatic rings. The molecule has 0 radical (unpaired) electrons. The van der Waals surface area contributed by atoms with Crippen molar-refractivity contribution in [1.29, 1.82) is 0 Å². The zero-order chi connectivity index (χ0) is 18.3. The van der Waals surface area contributed by atoms with Crippen molar-refractivity contribution in [2.75, 3.05) is 50.0 Å². The van der Waals surface area contributed by atoms with E-state index >= 15 is 0 Å². The summed E-state index contributed by atoms with van der Waals surface area (Å²) in [7, 11) is -3.47. The van der Waals surface area contributed by atoms with Gasteiger partial charge in [-0.2, -0.15) is 0 Å². The highest BCUT2D eigenvalue weighted by Gasteiger charge is 2.22. The van der Waals surface area contributed by atoms with Gasteiger partial charge in [-0.1, -0.05) is 12.1 Å². The Morgan fingerprint density at radius 3 is 2.60 bits per heavy atom. The van der Waals surface area contributed by atoms with Crippen LogP contribution >= 0.6 is 0 Å². The molecule has 0 atom stereocenters. The van der Waals surface area contributed by atoms with Crippen LogP contribution in [0.25, 0.3) is 0 Å². The molecule has 0 N–H and O–H groups in total. The van der Waals surface area contributed by atoms with Crippen LogP contribution in [0.15, 0.2) is 24.3 Å². The molecule has 2 rings (SSSR count). The SMILES string of the molecule is CCOc1ccccc1N(CCCC(=O)N1CCOCC1)S(C)(=O)=O. The van der Waals surface area contributed by atoms with Crippen LogP contribution in [-0.4, -0.2) is 64.9 Å². The monoisotopic (exact) mass is 370 g/mol. The van der Waals surface area contributed by atoms with Gasteiger partial charge in [0.15, 0.2) is 0 Å². The first-order chi connectivity index (χ1) is 11.9. The van der Waals surface area contributed by atoms with Gasteiger partial charge in [-0.25, -0.2) is 8.42 Å². The van der Waals surface area contributed by atoms with Crippen molar-refractivity contribution in [2.24, 2.45) is 0 Å². The number of hydrogen-bond acceptors (Lipinski definition) is 5. The van der Waals surface area contributed by atoms with E-state index in [-0.39, 0.29) is 12.5 Å². The van der Waals surface area contributed by atoms with Gasteiger partial charge in [0, 0.05) is 26.1 Å². The molecule has 140 valence electrons. The normalized spacial score (nSPS) is 15.0. The first kappa shape index (κ1) is 19.5. The predicted molar refractivity (Wildman–Crippen MR) is 96.4 cm³/mol. The van der Waals surface area contributed by atoms with Gasteiger partial charge in [0.2, 0.25) is 15.9 Å². The molecule has 1 aliphatic heterocycles. The minimum Gasteiger partial charge on any atom is -0.492 e. The molecule has 0 bridgehead atoms. The second-order valence-corrected chi connectivity index (χ2v) is 7.74. The molecule has 1 amide bonds. The average molecular weight is 370 g/mol. The quantitative estimate of drug-likeness (QED) is 0.693. The third-order valence-corrected chi connectivity index (χ3v) is 5.13. The number of anilines is 1. The summed E-state index contributed by atoms with van der Waals surface area (Å²) >= 11 is 0. The van der Waals surface area contributed by atoms with Gasteiger partial charge in [0.1, 0.15) is 5.75 Å². The first-order valence-corrected chi connectivity index (χ1v) is 10.3. The van der Waals surface area contributed by atoms with Gasteiger partial charge in [-0.3, -0.25) is 9.10 Å². The van der Waals surface area contributed by atoms with Crippen molar-refractivity contribution in [1.82, 2.24) is 4.90 Å². The average Bonchev–Trinajstić information content (AvgIpc) is 2.59. The molecule has 0 spiro atoms. The highest BCUT2D eigenvalue weighted by Crippen LogP contribution is 2.30. The summed E-state index contributed by atoms with van der Waals surface area (Å²) in [5, 5.41) is 0. The highest BCUT2D eigenvalue weighted by molar-refractivity contribution is 7.92. The van der Waals surface area contributed by atoms with Crippen LogP contribution in [0.3, 0.4) is 0 Å². The van der Waals surface area contributed by atoms with Gasteiger partial charge < -0.3 is 14.4 Å². The Morgan fingerprint density at radius 2 is 1.96 bits per heavy atom. The Bertz CT molecular complexity index is 671. The fourth-order valence-electron chi connectivity index (χ4n) is 2.75. The number of carbonyl (C=O) groups excluding carboxylic acids is 1. The number of carbonyl (C=O) groups is 1. The molecule has 0 saturated carbocycles. The Hall–Kier alpha value is -1.80. The minimum atomic E-state index is -3.47. The van der Waals surface area contributed by atoms with E-state index in [9.17, 15) is 13.2 Å². The fraction of sp³-hybridized carbons (Fsp3) is 0.588. The second kappa shape index (κ2) is 9.05. The lowest BCUT2D eigenvalue weighted by atomic mass is 10.2. The molecule has 1 aromatic carbocycles. The standard InChI is InChI=1S/C17H26N2O5S/c1-3-24-16-8-5-4-7-15(16)19(25(2,21)22)10-6-9-17(20)18-11-13-23-14-12-18/h4-5,7-8H,3,6,9-14H2,1-2H3. The molecular weight excluding hydrogens is 344 g/mol. The summed E-state index contributed by atoms with van der Waals surface area (Å²) < 4.78 is 36.5. The molecule has 8 heteroatoms. The van der Waals surface area contributed by atoms with E-state index in [1.165, 1.54) is 10.6 Å². The molecule has 1 aliphatic rings. The van der Waals surface area contributed by atoms with Crippen LogP contribution in [0.4, 0.5) is 5.69 Å². The Balaban J connectivity index is 2.03. The summed E-state index contributed by atoms with van der Waals surface area (Å²) in [6.07, 6.45) is 1.92. The summed E-state index contributed by atoms with van der Waals surface area (Å²) in [5.74, 6) is 0.560. The number of nitrogens with zero attached hydrogens (tertiary/aromatic N) is 2. The number of para-hydroxylation sites is 2. The Kier molecular flexibility index (Phi) is 7.07. The van der Waals surface area contributed by atoms with Crippen molar-refractivity contribution >= 4 is 21.6 Å². The molecule has 25 heavy (non-hydrogen) atoms. The van der Waals surface area contributed by atoms with Crippen LogP contribution in [0.1, 0.15) is 19.8 Å². The Labute approximate surface area is 149 Å². The number of amides is 1. The van der Waals surface area contributed by atoms with Gasteiger partial charge in [0.05, 0.1) is 31.8 Å². The van der Waals surface area contributed by atoms with Crippen molar-refractivity contribution in [2.45, 2.75) is 19.8 Å². The maximum Gasteiger partial charge on any atom is 0.232 e. The number of sulfonamides is 1. The number of ether oxygens (including phenoxy) is 2. The van der Waals surface area contributed by atoms with Crippen LogP contribution in [0, 0.1) is 0 Å². The topological polar surface area (TPSA) is 76.2 Å². The van der Waals surface area contributed by atoms with E-state index < -0.39 is 10.0 Å². The number of benzene rings is 1. The lowest BCUT2D eigenvalue weighted by Crippen LogP contribution is -2.41. The molecule has 0 unspecified atom stereocenters. The van der Waals surface area contributed by atoms with E-state index in [0.29, 0.717) is 57.2 Å². The van der Waals surface area contributed by atoms with E-state index in [4.69, 9.17) is 9.47 Å². The summed E-state index contributed by atoms with van der Waals surface area (Å²) in [6.45, 7) is 4.85. The lowest BCUT2D eigenvalue weighted by Gasteiger charge is -2.28. The fourth-order valence-corrected chi connectivity index (χ4v) is 3.72. The molecule has 1 fully saturated rings. The van der Waals surface area contributed by atoms with Crippen molar-refractivity contribution in [3.63, 3.8) is 0 Å². The molecular formula is C17H26N2O5S. The minimum absolute atomic E-state index is 0.0369. The van der Waals surface area contributed by atoms with Crippen molar-refractivity contribution in [3.05, 3.63) is 24.3 Å². The van der Waals surface area contributed by atoms with Gasteiger partial charge in [-0.15, -0.1) is 0 Å². The van der Waals surface area contributed by atoms with E-state index in [1.807, 2.05) is 6.92 Å².